The van der Waals surface area contributed by atoms with E-state index in [9.17, 15) is 0 Å². The molecular weight excluding hydrogens is 190 g/mol. The Morgan fingerprint density at radius 1 is 1.20 bits per heavy atom. The van der Waals surface area contributed by atoms with Gasteiger partial charge in [-0.1, -0.05) is 13.8 Å². The van der Waals surface area contributed by atoms with Gasteiger partial charge < -0.3 is 10.1 Å². The number of nitrogens with zero attached hydrogens (tertiary/aromatic N) is 2. The minimum Gasteiger partial charge on any atom is -0.474 e. The van der Waals surface area contributed by atoms with Gasteiger partial charge in [0.25, 0.3) is 0 Å². The van der Waals surface area contributed by atoms with Crippen molar-refractivity contribution in [2.24, 2.45) is 0 Å². The molecule has 84 valence electrons. The van der Waals surface area contributed by atoms with E-state index in [2.05, 4.69) is 29.1 Å². The van der Waals surface area contributed by atoms with Crippen LogP contribution in [-0.4, -0.2) is 22.1 Å². The van der Waals surface area contributed by atoms with Crippen LogP contribution in [0.25, 0.3) is 0 Å². The monoisotopic (exact) mass is 209 g/mol. The lowest BCUT2D eigenvalue weighted by atomic mass is 10.3. The van der Waals surface area contributed by atoms with Crippen molar-refractivity contribution < 1.29 is 4.74 Å². The van der Waals surface area contributed by atoms with Crippen LogP contribution in [0.1, 0.15) is 33.4 Å². The molecule has 1 aromatic rings. The highest BCUT2D eigenvalue weighted by molar-refractivity contribution is 5.07. The quantitative estimate of drug-likeness (QED) is 0.802. The lowest BCUT2D eigenvalue weighted by Gasteiger charge is -2.09. The maximum Gasteiger partial charge on any atom is 0.232 e. The Hall–Kier alpha value is -1.16. The van der Waals surface area contributed by atoms with Gasteiger partial charge in [-0.05, 0) is 13.8 Å². The topological polar surface area (TPSA) is 47.0 Å². The molecule has 0 saturated carbocycles. The van der Waals surface area contributed by atoms with Crippen LogP contribution in [0.3, 0.4) is 0 Å². The van der Waals surface area contributed by atoms with Crippen LogP contribution >= 0.6 is 0 Å². The maximum absolute atomic E-state index is 5.40. The summed E-state index contributed by atoms with van der Waals surface area (Å²) in [6.07, 6.45) is 3.55. The molecule has 0 spiro atoms. The Kier molecular flexibility index (Phi) is 4.49. The van der Waals surface area contributed by atoms with Crippen molar-refractivity contribution in [1.29, 1.82) is 0 Å². The Morgan fingerprint density at radius 3 is 2.40 bits per heavy atom. The first-order valence-electron chi connectivity index (χ1n) is 5.29. The summed E-state index contributed by atoms with van der Waals surface area (Å²) in [7, 11) is 0. The molecule has 0 aliphatic heterocycles. The highest BCUT2D eigenvalue weighted by atomic mass is 16.5. The molecule has 0 bridgehead atoms. The summed E-state index contributed by atoms with van der Waals surface area (Å²) >= 11 is 0. The normalized spacial score (nSPS) is 11.1. The van der Waals surface area contributed by atoms with Gasteiger partial charge >= 0.3 is 0 Å². The summed E-state index contributed by atoms with van der Waals surface area (Å²) in [6.45, 7) is 8.88. The molecule has 0 aliphatic carbocycles. The van der Waals surface area contributed by atoms with Crippen LogP contribution in [-0.2, 0) is 6.54 Å². The van der Waals surface area contributed by atoms with E-state index in [4.69, 9.17) is 4.74 Å². The van der Waals surface area contributed by atoms with Crippen molar-refractivity contribution in [3.63, 3.8) is 0 Å². The lowest BCUT2D eigenvalue weighted by molar-refractivity contribution is 0.231. The smallest absolute Gasteiger partial charge is 0.232 e. The van der Waals surface area contributed by atoms with Gasteiger partial charge in [-0.15, -0.1) is 0 Å². The minimum absolute atomic E-state index is 0.138. The molecule has 1 aromatic heterocycles. The van der Waals surface area contributed by atoms with E-state index < -0.39 is 0 Å². The Labute approximate surface area is 91.1 Å². The molecule has 4 nitrogen and oxygen atoms in total. The molecule has 0 atom stereocenters. The summed E-state index contributed by atoms with van der Waals surface area (Å²) in [5, 5.41) is 3.28. The maximum atomic E-state index is 5.40. The summed E-state index contributed by atoms with van der Waals surface area (Å²) in [4.78, 5) is 8.43. The number of rotatable bonds is 5. The third-order valence-electron chi connectivity index (χ3n) is 1.73. The fourth-order valence-corrected chi connectivity index (χ4v) is 1.05. The van der Waals surface area contributed by atoms with Crippen LogP contribution in [0.15, 0.2) is 12.4 Å². The second kappa shape index (κ2) is 5.66. The second-order valence-electron chi connectivity index (χ2n) is 4.05. The Balaban J connectivity index is 2.49. The number of nitrogens with one attached hydrogen (secondary N) is 1. The molecule has 0 fully saturated rings. The Morgan fingerprint density at radius 2 is 1.93 bits per heavy atom. The predicted octanol–water partition coefficient (Wildman–Crippen LogP) is 1.76. The summed E-state index contributed by atoms with van der Waals surface area (Å²) < 4.78 is 5.40. The van der Waals surface area contributed by atoms with Crippen molar-refractivity contribution in [3.05, 3.63) is 18.1 Å². The van der Waals surface area contributed by atoms with Crippen LogP contribution < -0.4 is 10.1 Å². The number of hydrogen-bond donors (Lipinski definition) is 1. The van der Waals surface area contributed by atoms with E-state index in [0.717, 1.165) is 12.2 Å². The summed E-state index contributed by atoms with van der Waals surface area (Å²) in [5.74, 6) is 0.582. The van der Waals surface area contributed by atoms with Crippen LogP contribution in [0.5, 0.6) is 5.88 Å². The third kappa shape index (κ3) is 4.74. The molecule has 1 rings (SSSR count). The fraction of sp³-hybridized carbons (Fsp3) is 0.636. The van der Waals surface area contributed by atoms with Gasteiger partial charge in [0, 0.05) is 12.6 Å². The molecule has 15 heavy (non-hydrogen) atoms. The number of aromatic nitrogens is 2. The van der Waals surface area contributed by atoms with Crippen LogP contribution in [0.4, 0.5) is 0 Å². The predicted molar refractivity (Wildman–Crippen MR) is 59.8 cm³/mol. The molecule has 4 heteroatoms. The molecule has 0 radical (unpaired) electrons. The highest BCUT2D eigenvalue weighted by Gasteiger charge is 2.01. The zero-order chi connectivity index (χ0) is 11.3. The van der Waals surface area contributed by atoms with E-state index in [-0.39, 0.29) is 6.10 Å². The average molecular weight is 209 g/mol. The largest absolute Gasteiger partial charge is 0.474 e. The first-order valence-corrected chi connectivity index (χ1v) is 5.29. The van der Waals surface area contributed by atoms with E-state index >= 15 is 0 Å². The summed E-state index contributed by atoms with van der Waals surface area (Å²) in [5.41, 5.74) is 0.930. The molecule has 1 heterocycles. The molecule has 0 unspecified atom stereocenters. The summed E-state index contributed by atoms with van der Waals surface area (Å²) in [6, 6.07) is 0.457. The first-order chi connectivity index (χ1) is 7.08. The van der Waals surface area contributed by atoms with Crippen molar-refractivity contribution in [2.45, 2.75) is 46.4 Å². The second-order valence-corrected chi connectivity index (χ2v) is 4.05. The average Bonchev–Trinajstić information content (AvgIpc) is 2.16. The van der Waals surface area contributed by atoms with Crippen LogP contribution in [0.2, 0.25) is 0 Å². The number of ether oxygens (including phenoxy) is 1. The van der Waals surface area contributed by atoms with Crippen molar-refractivity contribution >= 4 is 0 Å². The third-order valence-corrected chi connectivity index (χ3v) is 1.73. The lowest BCUT2D eigenvalue weighted by Crippen LogP contribution is -2.22. The zero-order valence-electron chi connectivity index (χ0n) is 9.82. The molecule has 0 amide bonds. The van der Waals surface area contributed by atoms with Gasteiger partial charge in [-0.25, -0.2) is 4.98 Å². The molecule has 1 N–H and O–H groups in total. The Bertz CT molecular complexity index is 282. The SMILES string of the molecule is CC(C)NCc1cnc(OC(C)C)cn1. The van der Waals surface area contributed by atoms with E-state index in [1.165, 1.54) is 0 Å². The van der Waals surface area contributed by atoms with E-state index in [0.29, 0.717) is 11.9 Å². The van der Waals surface area contributed by atoms with Gasteiger partial charge in [0.2, 0.25) is 5.88 Å². The van der Waals surface area contributed by atoms with Crippen LogP contribution in [0, 0.1) is 0 Å². The van der Waals surface area contributed by atoms with E-state index in [1.807, 2.05) is 13.8 Å². The zero-order valence-corrected chi connectivity index (χ0v) is 9.82. The minimum atomic E-state index is 0.138. The standard InChI is InChI=1S/C11H19N3O/c1-8(2)12-5-10-6-14-11(7-13-10)15-9(3)4/h6-9,12H,5H2,1-4H3. The van der Waals surface area contributed by atoms with Gasteiger partial charge in [-0.3, -0.25) is 4.98 Å². The van der Waals surface area contributed by atoms with Gasteiger partial charge in [0.1, 0.15) is 0 Å². The molecule has 0 aromatic carbocycles. The van der Waals surface area contributed by atoms with Gasteiger partial charge in [0.05, 0.1) is 24.2 Å². The fourth-order valence-electron chi connectivity index (χ4n) is 1.05. The van der Waals surface area contributed by atoms with Gasteiger partial charge in [0.15, 0.2) is 0 Å². The number of hydrogen-bond acceptors (Lipinski definition) is 4. The van der Waals surface area contributed by atoms with Crippen molar-refractivity contribution in [3.8, 4) is 5.88 Å². The van der Waals surface area contributed by atoms with E-state index in [1.54, 1.807) is 12.4 Å². The molecular formula is C11H19N3O. The van der Waals surface area contributed by atoms with Gasteiger partial charge in [-0.2, -0.15) is 0 Å². The first kappa shape index (κ1) is 11.9. The molecule has 0 aliphatic rings. The molecule has 0 saturated heterocycles. The van der Waals surface area contributed by atoms with Crippen molar-refractivity contribution in [2.75, 3.05) is 0 Å². The van der Waals surface area contributed by atoms with Crippen molar-refractivity contribution in [1.82, 2.24) is 15.3 Å². The highest BCUT2D eigenvalue weighted by Crippen LogP contribution is 2.06.